The van der Waals surface area contributed by atoms with E-state index in [4.69, 9.17) is 5.73 Å². The summed E-state index contributed by atoms with van der Waals surface area (Å²) in [6.07, 6.45) is 1.32. The predicted octanol–water partition coefficient (Wildman–Crippen LogP) is 0.506. The average Bonchev–Trinajstić information content (AvgIpc) is 2.83. The van der Waals surface area contributed by atoms with Gasteiger partial charge in [-0.25, -0.2) is 9.79 Å². The first kappa shape index (κ1) is 12.5. The third-order valence-electron chi connectivity index (χ3n) is 2.39. The van der Waals surface area contributed by atoms with Crippen molar-refractivity contribution in [3.63, 3.8) is 0 Å². The van der Waals surface area contributed by atoms with Crippen molar-refractivity contribution in [3.05, 3.63) is 36.0 Å². The van der Waals surface area contributed by atoms with Crippen LogP contribution in [0.25, 0.3) is 10.9 Å². The van der Waals surface area contributed by atoms with Gasteiger partial charge < -0.3 is 10.7 Å². The van der Waals surface area contributed by atoms with Crippen LogP contribution in [0.2, 0.25) is 0 Å². The minimum atomic E-state index is -0.410. The van der Waals surface area contributed by atoms with Crippen LogP contribution in [0.3, 0.4) is 0 Å². The lowest BCUT2D eigenvalue weighted by Gasteiger charge is -2.01. The second-order valence-electron chi connectivity index (χ2n) is 3.66. The molecule has 0 spiro atoms. The third-order valence-corrected chi connectivity index (χ3v) is 2.39. The topological polar surface area (TPSA) is 113 Å². The van der Waals surface area contributed by atoms with Crippen LogP contribution in [0.5, 0.6) is 0 Å². The number of carbonyl (C=O) groups is 1. The molecule has 0 aliphatic carbocycles. The van der Waals surface area contributed by atoms with Gasteiger partial charge in [0.2, 0.25) is 6.08 Å². The van der Waals surface area contributed by atoms with Crippen LogP contribution in [0.4, 0.5) is 0 Å². The number of nitrogens with two attached hydrogens (primary N) is 1. The number of fused-ring (bicyclic) bond motifs is 1. The summed E-state index contributed by atoms with van der Waals surface area (Å²) in [6.45, 7) is -0.164. The summed E-state index contributed by atoms with van der Waals surface area (Å²) >= 11 is 0. The van der Waals surface area contributed by atoms with E-state index in [2.05, 4.69) is 20.3 Å². The first-order valence-electron chi connectivity index (χ1n) is 5.43. The first-order valence-corrected chi connectivity index (χ1v) is 5.43. The number of H-pyrrole nitrogens is 1. The number of hydrogen-bond acceptors (Lipinski definition) is 4. The van der Waals surface area contributed by atoms with E-state index >= 15 is 0 Å². The molecular weight excluding hydrogens is 246 g/mol. The molecule has 0 radical (unpaired) electrons. The molecule has 0 saturated carbocycles. The van der Waals surface area contributed by atoms with Crippen molar-refractivity contribution in [2.75, 3.05) is 6.67 Å². The Bertz CT molecular complexity index is 649. The van der Waals surface area contributed by atoms with Gasteiger partial charge in [-0.2, -0.15) is 4.99 Å². The van der Waals surface area contributed by atoms with Crippen LogP contribution in [-0.4, -0.2) is 29.6 Å². The van der Waals surface area contributed by atoms with Crippen LogP contribution < -0.4 is 11.1 Å². The molecule has 1 aromatic carbocycles. The predicted molar refractivity (Wildman–Crippen MR) is 70.4 cm³/mol. The summed E-state index contributed by atoms with van der Waals surface area (Å²) in [6, 6.07) is 9.21. The lowest BCUT2D eigenvalue weighted by atomic mass is 10.2. The zero-order valence-electron chi connectivity index (χ0n) is 9.88. The van der Waals surface area contributed by atoms with Crippen molar-refractivity contribution in [2.45, 2.75) is 0 Å². The highest BCUT2D eigenvalue weighted by molar-refractivity contribution is 6.06. The Morgan fingerprint density at radius 1 is 1.42 bits per heavy atom. The van der Waals surface area contributed by atoms with Gasteiger partial charge in [-0.05, 0) is 12.1 Å². The standard InChI is InChI=1S/C12H11N5O2/c13-12(15-6-14-7-18)17-11(19)10-5-8-3-1-2-4-9(8)16-10/h1-5,16H,6H2,(H3,13,15,17,19). The minimum Gasteiger partial charge on any atom is -0.370 e. The normalized spacial score (nSPS) is 11.1. The summed E-state index contributed by atoms with van der Waals surface area (Å²) in [7, 11) is 0. The van der Waals surface area contributed by atoms with E-state index in [1.165, 1.54) is 6.08 Å². The molecular formula is C12H11N5O2. The molecule has 7 heteroatoms. The second kappa shape index (κ2) is 5.61. The molecule has 19 heavy (non-hydrogen) atoms. The molecule has 1 heterocycles. The van der Waals surface area contributed by atoms with Crippen LogP contribution in [-0.2, 0) is 4.79 Å². The maximum atomic E-state index is 11.8. The second-order valence-corrected chi connectivity index (χ2v) is 3.66. The number of isocyanates is 1. The fourth-order valence-corrected chi connectivity index (χ4v) is 1.56. The molecule has 2 rings (SSSR count). The van der Waals surface area contributed by atoms with Crippen LogP contribution in [0.1, 0.15) is 10.5 Å². The van der Waals surface area contributed by atoms with E-state index in [0.29, 0.717) is 5.69 Å². The highest BCUT2D eigenvalue weighted by atomic mass is 16.2. The van der Waals surface area contributed by atoms with Crippen molar-refractivity contribution >= 4 is 28.8 Å². The number of rotatable bonds is 3. The zero-order chi connectivity index (χ0) is 13.7. The molecule has 1 aromatic heterocycles. The van der Waals surface area contributed by atoms with E-state index in [1.807, 2.05) is 24.3 Å². The molecule has 96 valence electrons. The molecule has 0 aliphatic rings. The summed E-state index contributed by atoms with van der Waals surface area (Å²) in [5, 5.41) is 3.31. The van der Waals surface area contributed by atoms with Gasteiger partial charge in [0.25, 0.3) is 5.91 Å². The van der Waals surface area contributed by atoms with Gasteiger partial charge in [0, 0.05) is 10.9 Å². The lowest BCUT2D eigenvalue weighted by Crippen LogP contribution is -2.37. The first-order chi connectivity index (χ1) is 9.20. The van der Waals surface area contributed by atoms with Gasteiger partial charge >= 0.3 is 0 Å². The van der Waals surface area contributed by atoms with Crippen LogP contribution in [0, 0.1) is 0 Å². The molecule has 0 fully saturated rings. The number of hydrogen-bond donors (Lipinski definition) is 3. The Balaban J connectivity index is 2.11. The van der Waals surface area contributed by atoms with Gasteiger partial charge in [0.05, 0.1) is 0 Å². The minimum absolute atomic E-state index is 0.109. The highest BCUT2D eigenvalue weighted by Gasteiger charge is 2.09. The van der Waals surface area contributed by atoms with E-state index in [-0.39, 0.29) is 12.6 Å². The average molecular weight is 257 g/mol. The van der Waals surface area contributed by atoms with Crippen molar-refractivity contribution in [2.24, 2.45) is 15.7 Å². The summed E-state index contributed by atoms with van der Waals surface area (Å²) < 4.78 is 0. The smallest absolute Gasteiger partial charge is 0.274 e. The number of benzene rings is 1. The number of para-hydroxylation sites is 1. The van der Waals surface area contributed by atoms with Gasteiger partial charge in [0.15, 0.2) is 5.96 Å². The highest BCUT2D eigenvalue weighted by Crippen LogP contribution is 2.14. The fraction of sp³-hybridized carbons (Fsp3) is 0.0833. The Morgan fingerprint density at radius 2 is 2.21 bits per heavy atom. The number of aromatic nitrogens is 1. The summed E-state index contributed by atoms with van der Waals surface area (Å²) in [4.78, 5) is 31.5. The summed E-state index contributed by atoms with van der Waals surface area (Å²) in [5.74, 6) is -0.518. The Morgan fingerprint density at radius 3 is 2.95 bits per heavy atom. The van der Waals surface area contributed by atoms with E-state index < -0.39 is 5.91 Å². The van der Waals surface area contributed by atoms with Crippen LogP contribution >= 0.6 is 0 Å². The molecule has 2 aromatic rings. The Kier molecular flexibility index (Phi) is 3.70. The molecule has 4 N–H and O–H groups in total. The fourth-order valence-electron chi connectivity index (χ4n) is 1.56. The Labute approximate surface area is 108 Å². The van der Waals surface area contributed by atoms with Gasteiger partial charge in [-0.3, -0.25) is 10.1 Å². The molecule has 0 bridgehead atoms. The molecule has 0 atom stereocenters. The number of guanidine groups is 1. The lowest BCUT2D eigenvalue weighted by molar-refractivity contribution is 0.0972. The van der Waals surface area contributed by atoms with Crippen molar-refractivity contribution in [1.82, 2.24) is 10.3 Å². The number of nitrogens with one attached hydrogen (secondary N) is 2. The van der Waals surface area contributed by atoms with Gasteiger partial charge in [-0.1, -0.05) is 18.2 Å². The van der Waals surface area contributed by atoms with E-state index in [9.17, 15) is 9.59 Å². The Hall–Kier alpha value is -2.92. The number of carbonyl (C=O) groups excluding carboxylic acids is 2. The number of amides is 1. The van der Waals surface area contributed by atoms with E-state index in [0.717, 1.165) is 10.9 Å². The largest absolute Gasteiger partial charge is 0.370 e. The molecule has 0 aliphatic heterocycles. The summed E-state index contributed by atoms with van der Waals surface area (Å²) in [5.41, 5.74) is 6.69. The van der Waals surface area contributed by atoms with Crippen molar-refractivity contribution < 1.29 is 9.59 Å². The van der Waals surface area contributed by atoms with Crippen molar-refractivity contribution in [3.8, 4) is 0 Å². The van der Waals surface area contributed by atoms with Crippen LogP contribution in [0.15, 0.2) is 40.3 Å². The third kappa shape index (κ3) is 3.05. The number of aromatic amines is 1. The quantitative estimate of drug-likeness (QED) is 0.423. The van der Waals surface area contributed by atoms with E-state index in [1.54, 1.807) is 6.07 Å². The number of nitrogens with zero attached hydrogens (tertiary/aromatic N) is 2. The SMILES string of the molecule is N/C(=N\CN=C=O)NC(=O)c1cc2ccccc2[nH]1. The molecule has 7 nitrogen and oxygen atoms in total. The molecule has 0 unspecified atom stereocenters. The maximum absolute atomic E-state index is 11.8. The molecule has 1 amide bonds. The van der Waals surface area contributed by atoms with Gasteiger partial charge in [0.1, 0.15) is 12.4 Å². The van der Waals surface area contributed by atoms with Gasteiger partial charge in [-0.15, -0.1) is 0 Å². The zero-order valence-corrected chi connectivity index (χ0v) is 9.88. The number of aliphatic imine (C=N–C) groups is 2. The molecule has 0 saturated heterocycles. The maximum Gasteiger partial charge on any atom is 0.274 e. The monoisotopic (exact) mass is 257 g/mol. The van der Waals surface area contributed by atoms with Crippen molar-refractivity contribution in [1.29, 1.82) is 0 Å².